The largest absolute Gasteiger partial charge is 0.261 e. The molecule has 106 valence electrons. The Labute approximate surface area is 119 Å². The van der Waals surface area contributed by atoms with Gasteiger partial charge in [-0.3, -0.25) is 4.98 Å². The molecule has 2 rings (SSSR count). The highest BCUT2D eigenvalue weighted by Crippen LogP contribution is 2.23. The van der Waals surface area contributed by atoms with Gasteiger partial charge in [-0.2, -0.15) is 0 Å². The number of hydrogen-bond acceptors (Lipinski definition) is 3. The normalized spacial score (nSPS) is 24.3. The van der Waals surface area contributed by atoms with Crippen LogP contribution in [0.25, 0.3) is 0 Å². The summed E-state index contributed by atoms with van der Waals surface area (Å²) in [7, 11) is -3.23. The minimum Gasteiger partial charge on any atom is -0.261 e. The summed E-state index contributed by atoms with van der Waals surface area (Å²) in [6.07, 6.45) is 5.55. The van der Waals surface area contributed by atoms with Crippen LogP contribution in [-0.2, 0) is 16.4 Å². The fourth-order valence-electron chi connectivity index (χ4n) is 2.27. The van der Waals surface area contributed by atoms with Crippen molar-refractivity contribution in [3.63, 3.8) is 0 Å². The van der Waals surface area contributed by atoms with Crippen molar-refractivity contribution in [1.29, 1.82) is 0 Å². The number of nitrogens with one attached hydrogen (secondary N) is 1. The summed E-state index contributed by atoms with van der Waals surface area (Å²) in [5.74, 6) is 0.0881. The maximum Gasteiger partial charge on any atom is 0.212 e. The molecule has 0 aliphatic heterocycles. The van der Waals surface area contributed by atoms with Crippen LogP contribution in [0.3, 0.4) is 0 Å². The van der Waals surface area contributed by atoms with Crippen molar-refractivity contribution in [1.82, 2.24) is 9.71 Å². The number of aryl methyl sites for hydroxylation is 1. The SMILES string of the molecule is O=S(=O)(CCc1ccccn1)NC1CCC(Cl)CC1. The molecule has 1 aliphatic carbocycles. The molecule has 1 aromatic heterocycles. The number of aromatic nitrogens is 1. The zero-order valence-electron chi connectivity index (χ0n) is 10.8. The maximum absolute atomic E-state index is 12.0. The van der Waals surface area contributed by atoms with Crippen LogP contribution in [0.2, 0.25) is 0 Å². The van der Waals surface area contributed by atoms with Gasteiger partial charge in [0.2, 0.25) is 10.0 Å². The van der Waals surface area contributed by atoms with Gasteiger partial charge >= 0.3 is 0 Å². The van der Waals surface area contributed by atoms with Gasteiger partial charge in [-0.1, -0.05) is 6.07 Å². The quantitative estimate of drug-likeness (QED) is 0.847. The van der Waals surface area contributed by atoms with Crippen molar-refractivity contribution in [2.45, 2.75) is 43.5 Å². The predicted octanol–water partition coefficient (Wildman–Crippen LogP) is 2.09. The highest BCUT2D eigenvalue weighted by molar-refractivity contribution is 7.89. The lowest BCUT2D eigenvalue weighted by Gasteiger charge is -2.25. The molecular formula is C13H19ClN2O2S. The molecule has 1 fully saturated rings. The molecule has 1 aliphatic rings. The minimum absolute atomic E-state index is 0.0451. The number of hydrogen-bond donors (Lipinski definition) is 1. The van der Waals surface area contributed by atoms with E-state index in [4.69, 9.17) is 11.6 Å². The predicted molar refractivity (Wildman–Crippen MR) is 76.8 cm³/mol. The van der Waals surface area contributed by atoms with E-state index in [1.807, 2.05) is 18.2 Å². The lowest BCUT2D eigenvalue weighted by Crippen LogP contribution is -2.39. The lowest BCUT2D eigenvalue weighted by atomic mass is 9.96. The third-order valence-electron chi connectivity index (χ3n) is 3.36. The molecule has 0 bridgehead atoms. The number of alkyl halides is 1. The van der Waals surface area contributed by atoms with E-state index < -0.39 is 10.0 Å². The lowest BCUT2D eigenvalue weighted by molar-refractivity contribution is 0.416. The zero-order chi connectivity index (χ0) is 13.7. The average Bonchev–Trinajstić information content (AvgIpc) is 2.40. The standard InChI is InChI=1S/C13H19ClN2O2S/c14-11-4-6-13(7-5-11)16-19(17,18)10-8-12-3-1-2-9-15-12/h1-3,9,11,13,16H,4-8,10H2. The van der Waals surface area contributed by atoms with Gasteiger partial charge in [0.05, 0.1) is 5.75 Å². The molecule has 4 nitrogen and oxygen atoms in total. The zero-order valence-corrected chi connectivity index (χ0v) is 12.3. The van der Waals surface area contributed by atoms with Crippen molar-refractivity contribution < 1.29 is 8.42 Å². The van der Waals surface area contributed by atoms with E-state index in [9.17, 15) is 8.42 Å². The van der Waals surface area contributed by atoms with Crippen molar-refractivity contribution in [2.24, 2.45) is 0 Å². The molecule has 1 N–H and O–H groups in total. The van der Waals surface area contributed by atoms with Crippen LogP contribution >= 0.6 is 11.6 Å². The maximum atomic E-state index is 12.0. The van der Waals surface area contributed by atoms with E-state index in [0.717, 1.165) is 31.4 Å². The molecule has 1 saturated carbocycles. The van der Waals surface area contributed by atoms with E-state index in [0.29, 0.717) is 6.42 Å². The molecule has 1 heterocycles. The van der Waals surface area contributed by atoms with Crippen LogP contribution in [0, 0.1) is 0 Å². The molecule has 0 atom stereocenters. The van der Waals surface area contributed by atoms with E-state index in [1.165, 1.54) is 0 Å². The first-order valence-electron chi connectivity index (χ1n) is 6.59. The van der Waals surface area contributed by atoms with E-state index in [1.54, 1.807) is 6.20 Å². The van der Waals surface area contributed by atoms with Crippen LogP contribution in [0.1, 0.15) is 31.4 Å². The molecule has 19 heavy (non-hydrogen) atoms. The van der Waals surface area contributed by atoms with E-state index in [-0.39, 0.29) is 17.2 Å². The van der Waals surface area contributed by atoms with Crippen LogP contribution in [0.4, 0.5) is 0 Å². The van der Waals surface area contributed by atoms with Gasteiger partial charge in [0.15, 0.2) is 0 Å². The summed E-state index contributed by atoms with van der Waals surface area (Å²) in [6, 6.07) is 5.57. The van der Waals surface area contributed by atoms with Gasteiger partial charge in [0.25, 0.3) is 0 Å². The first-order chi connectivity index (χ1) is 9.05. The van der Waals surface area contributed by atoms with Gasteiger partial charge in [-0.05, 0) is 37.8 Å². The van der Waals surface area contributed by atoms with Crippen LogP contribution < -0.4 is 4.72 Å². The topological polar surface area (TPSA) is 59.1 Å². The molecule has 0 aromatic carbocycles. The fourth-order valence-corrected chi connectivity index (χ4v) is 3.86. The summed E-state index contributed by atoms with van der Waals surface area (Å²) in [4.78, 5) is 4.13. The Bertz CT molecular complexity index is 485. The van der Waals surface area contributed by atoms with Gasteiger partial charge in [-0.15, -0.1) is 11.6 Å². The molecular weight excluding hydrogens is 284 g/mol. The molecule has 6 heteroatoms. The number of sulfonamides is 1. The Hall–Kier alpha value is -0.650. The average molecular weight is 303 g/mol. The van der Waals surface area contributed by atoms with Crippen LogP contribution in [-0.4, -0.2) is 30.6 Å². The summed E-state index contributed by atoms with van der Waals surface area (Å²) >= 11 is 6.01. The highest BCUT2D eigenvalue weighted by atomic mass is 35.5. The van der Waals surface area contributed by atoms with Crippen LogP contribution in [0.15, 0.2) is 24.4 Å². The van der Waals surface area contributed by atoms with Gasteiger partial charge in [0.1, 0.15) is 0 Å². The van der Waals surface area contributed by atoms with Crippen molar-refractivity contribution >= 4 is 21.6 Å². The van der Waals surface area contributed by atoms with Gasteiger partial charge < -0.3 is 0 Å². The Kier molecular flexibility index (Phi) is 5.19. The molecule has 0 radical (unpaired) electrons. The second-order valence-corrected chi connectivity index (χ2v) is 7.45. The summed E-state index contributed by atoms with van der Waals surface area (Å²) < 4.78 is 26.7. The first kappa shape index (κ1) is 14.8. The first-order valence-corrected chi connectivity index (χ1v) is 8.68. The fraction of sp³-hybridized carbons (Fsp3) is 0.615. The molecule has 0 saturated heterocycles. The third kappa shape index (κ3) is 5.09. The molecule has 1 aromatic rings. The number of rotatable bonds is 5. The second kappa shape index (κ2) is 6.68. The van der Waals surface area contributed by atoms with Gasteiger partial charge in [-0.25, -0.2) is 13.1 Å². The number of halogens is 1. The monoisotopic (exact) mass is 302 g/mol. The van der Waals surface area contributed by atoms with E-state index >= 15 is 0 Å². The highest BCUT2D eigenvalue weighted by Gasteiger charge is 2.23. The second-order valence-electron chi connectivity index (χ2n) is 4.96. The third-order valence-corrected chi connectivity index (χ3v) is 5.23. The van der Waals surface area contributed by atoms with Crippen LogP contribution in [0.5, 0.6) is 0 Å². The van der Waals surface area contributed by atoms with Gasteiger partial charge in [0, 0.05) is 29.7 Å². The summed E-state index contributed by atoms with van der Waals surface area (Å²) in [5.41, 5.74) is 0.803. The van der Waals surface area contributed by atoms with Crippen molar-refractivity contribution in [3.05, 3.63) is 30.1 Å². The van der Waals surface area contributed by atoms with E-state index in [2.05, 4.69) is 9.71 Å². The smallest absolute Gasteiger partial charge is 0.212 e. The Balaban J connectivity index is 1.82. The number of pyridine rings is 1. The summed E-state index contributed by atoms with van der Waals surface area (Å²) in [6.45, 7) is 0. The molecule has 0 unspecified atom stereocenters. The van der Waals surface area contributed by atoms with Crippen molar-refractivity contribution in [2.75, 3.05) is 5.75 Å². The summed E-state index contributed by atoms with van der Waals surface area (Å²) in [5, 5.41) is 0.203. The number of nitrogens with zero attached hydrogens (tertiary/aromatic N) is 1. The Morgan fingerprint density at radius 2 is 2.00 bits per heavy atom. The molecule has 0 amide bonds. The minimum atomic E-state index is -3.23. The Morgan fingerprint density at radius 3 is 2.63 bits per heavy atom. The molecule has 0 spiro atoms. The Morgan fingerprint density at radius 1 is 1.26 bits per heavy atom. The van der Waals surface area contributed by atoms with Crippen molar-refractivity contribution in [3.8, 4) is 0 Å².